The summed E-state index contributed by atoms with van der Waals surface area (Å²) in [4.78, 5) is 15.2. The molecule has 0 unspecified atom stereocenters. The minimum absolute atomic E-state index is 0.0329. The molecule has 0 saturated carbocycles. The predicted molar refractivity (Wildman–Crippen MR) is 94.3 cm³/mol. The van der Waals surface area contributed by atoms with Crippen molar-refractivity contribution in [3.8, 4) is 6.07 Å². The van der Waals surface area contributed by atoms with E-state index in [-0.39, 0.29) is 12.1 Å². The summed E-state index contributed by atoms with van der Waals surface area (Å²) in [5, 5.41) is 16.0. The van der Waals surface area contributed by atoms with E-state index in [9.17, 15) is 4.79 Å². The molecular formula is C19H18N4O2. The number of fused-ring (bicyclic) bond motifs is 1. The first-order valence-corrected chi connectivity index (χ1v) is 7.97. The normalized spacial score (nSPS) is 11.2. The molecule has 126 valence electrons. The van der Waals surface area contributed by atoms with Crippen molar-refractivity contribution in [2.75, 3.05) is 6.54 Å². The zero-order valence-corrected chi connectivity index (χ0v) is 13.6. The molecule has 0 saturated heterocycles. The van der Waals surface area contributed by atoms with Crippen LogP contribution in [0.15, 0.2) is 65.0 Å². The van der Waals surface area contributed by atoms with Gasteiger partial charge in [-0.15, -0.1) is 0 Å². The quantitative estimate of drug-likeness (QED) is 0.352. The van der Waals surface area contributed by atoms with Gasteiger partial charge in [-0.2, -0.15) is 5.26 Å². The van der Waals surface area contributed by atoms with Crippen molar-refractivity contribution >= 4 is 16.8 Å². The van der Waals surface area contributed by atoms with Crippen molar-refractivity contribution in [1.29, 1.82) is 5.26 Å². The summed E-state index contributed by atoms with van der Waals surface area (Å²) in [7, 11) is 0. The Morgan fingerprint density at radius 3 is 2.96 bits per heavy atom. The van der Waals surface area contributed by atoms with Crippen LogP contribution in [0.3, 0.4) is 0 Å². The average Bonchev–Trinajstić information content (AvgIpc) is 3.30. The summed E-state index contributed by atoms with van der Waals surface area (Å²) < 4.78 is 5.14. The monoisotopic (exact) mass is 334 g/mol. The zero-order valence-electron chi connectivity index (χ0n) is 13.6. The number of hydrogen-bond acceptors (Lipinski definition) is 4. The highest BCUT2D eigenvalue weighted by Gasteiger charge is 2.09. The summed E-state index contributed by atoms with van der Waals surface area (Å²) in [5.41, 5.74) is 2.32. The van der Waals surface area contributed by atoms with E-state index in [4.69, 9.17) is 9.68 Å². The number of amides is 1. The molecule has 3 aromatic rings. The third-order valence-corrected chi connectivity index (χ3v) is 3.83. The molecule has 6 nitrogen and oxygen atoms in total. The lowest BCUT2D eigenvalue weighted by atomic mass is 10.1. The summed E-state index contributed by atoms with van der Waals surface area (Å²) in [6.45, 7) is 0.874. The molecule has 0 fully saturated rings. The van der Waals surface area contributed by atoms with Crippen LogP contribution in [0, 0.1) is 11.3 Å². The smallest absolute Gasteiger partial charge is 0.263 e. The van der Waals surface area contributed by atoms with Gasteiger partial charge in [0.1, 0.15) is 17.4 Å². The summed E-state index contributed by atoms with van der Waals surface area (Å²) >= 11 is 0. The molecular weight excluding hydrogens is 316 g/mol. The first-order valence-electron chi connectivity index (χ1n) is 7.97. The van der Waals surface area contributed by atoms with Gasteiger partial charge in [0.2, 0.25) is 0 Å². The minimum Gasteiger partial charge on any atom is -0.467 e. The molecule has 3 rings (SSSR count). The van der Waals surface area contributed by atoms with Crippen molar-refractivity contribution in [2.45, 2.75) is 13.0 Å². The van der Waals surface area contributed by atoms with Crippen LogP contribution in [0.1, 0.15) is 11.3 Å². The van der Waals surface area contributed by atoms with Crippen molar-refractivity contribution < 1.29 is 9.21 Å². The second-order valence-corrected chi connectivity index (χ2v) is 5.50. The molecule has 3 N–H and O–H groups in total. The molecule has 1 aromatic carbocycles. The number of benzene rings is 1. The SMILES string of the molecule is N#C/C(=C/NCCc1c[nH]c2ccccc12)C(=O)NCc1ccco1. The van der Waals surface area contributed by atoms with Crippen LogP contribution in [0.4, 0.5) is 0 Å². The fraction of sp³-hybridized carbons (Fsp3) is 0.158. The maximum Gasteiger partial charge on any atom is 0.263 e. The van der Waals surface area contributed by atoms with Gasteiger partial charge in [0.15, 0.2) is 0 Å². The van der Waals surface area contributed by atoms with E-state index in [1.807, 2.05) is 30.5 Å². The van der Waals surface area contributed by atoms with Gasteiger partial charge in [-0.3, -0.25) is 4.79 Å². The van der Waals surface area contributed by atoms with E-state index in [1.54, 1.807) is 12.1 Å². The van der Waals surface area contributed by atoms with E-state index in [0.717, 1.165) is 11.9 Å². The molecule has 1 amide bonds. The third-order valence-electron chi connectivity index (χ3n) is 3.83. The number of nitriles is 1. The Morgan fingerprint density at radius 1 is 1.28 bits per heavy atom. The molecule has 6 heteroatoms. The van der Waals surface area contributed by atoms with Crippen LogP contribution in [0.5, 0.6) is 0 Å². The molecule has 0 aliphatic carbocycles. The number of hydrogen-bond donors (Lipinski definition) is 3. The molecule has 2 heterocycles. The van der Waals surface area contributed by atoms with Gasteiger partial charge in [0, 0.05) is 29.8 Å². The van der Waals surface area contributed by atoms with Gasteiger partial charge in [-0.05, 0) is 30.2 Å². The van der Waals surface area contributed by atoms with Gasteiger partial charge < -0.3 is 20.0 Å². The van der Waals surface area contributed by atoms with E-state index in [0.29, 0.717) is 12.3 Å². The first-order chi connectivity index (χ1) is 12.3. The summed E-state index contributed by atoms with van der Waals surface area (Å²) in [6, 6.07) is 13.5. The Morgan fingerprint density at radius 2 is 2.16 bits per heavy atom. The predicted octanol–water partition coefficient (Wildman–Crippen LogP) is 2.62. The highest BCUT2D eigenvalue weighted by Crippen LogP contribution is 2.17. The molecule has 0 spiro atoms. The average molecular weight is 334 g/mol. The summed E-state index contributed by atoms with van der Waals surface area (Å²) in [5.74, 6) is 0.205. The van der Waals surface area contributed by atoms with Crippen LogP contribution in [-0.2, 0) is 17.8 Å². The van der Waals surface area contributed by atoms with Gasteiger partial charge in [0.25, 0.3) is 5.91 Å². The number of carbonyl (C=O) groups excluding carboxylic acids is 1. The Hall–Kier alpha value is -3.46. The second kappa shape index (κ2) is 7.88. The lowest BCUT2D eigenvalue weighted by molar-refractivity contribution is -0.117. The Labute approximate surface area is 145 Å². The number of aromatic nitrogens is 1. The Balaban J connectivity index is 1.51. The number of H-pyrrole nitrogens is 1. The fourth-order valence-corrected chi connectivity index (χ4v) is 2.54. The van der Waals surface area contributed by atoms with Crippen LogP contribution >= 0.6 is 0 Å². The maximum atomic E-state index is 12.0. The van der Waals surface area contributed by atoms with Crippen LogP contribution in [-0.4, -0.2) is 17.4 Å². The lowest BCUT2D eigenvalue weighted by Crippen LogP contribution is -2.25. The molecule has 0 aliphatic rings. The van der Waals surface area contributed by atoms with Crippen molar-refractivity contribution in [3.63, 3.8) is 0 Å². The number of rotatable bonds is 7. The summed E-state index contributed by atoms with van der Waals surface area (Å²) in [6.07, 6.45) is 5.76. The molecule has 0 aliphatic heterocycles. The van der Waals surface area contributed by atoms with Crippen molar-refractivity contribution in [1.82, 2.24) is 15.6 Å². The van der Waals surface area contributed by atoms with E-state index in [2.05, 4.69) is 21.7 Å². The number of nitrogens with zero attached hydrogens (tertiary/aromatic N) is 1. The third kappa shape index (κ3) is 4.09. The van der Waals surface area contributed by atoms with Gasteiger partial charge in [-0.1, -0.05) is 18.2 Å². The van der Waals surface area contributed by atoms with Gasteiger partial charge >= 0.3 is 0 Å². The zero-order chi connectivity index (χ0) is 17.5. The topological polar surface area (TPSA) is 93.9 Å². The van der Waals surface area contributed by atoms with E-state index < -0.39 is 5.91 Å². The number of nitrogens with one attached hydrogen (secondary N) is 3. The Bertz CT molecular complexity index is 916. The van der Waals surface area contributed by atoms with Crippen LogP contribution in [0.2, 0.25) is 0 Å². The maximum absolute atomic E-state index is 12.0. The molecule has 0 atom stereocenters. The number of furan rings is 1. The lowest BCUT2D eigenvalue weighted by Gasteiger charge is -2.04. The van der Waals surface area contributed by atoms with Gasteiger partial charge in [0.05, 0.1) is 12.8 Å². The Kier molecular flexibility index (Phi) is 5.17. The van der Waals surface area contributed by atoms with Gasteiger partial charge in [-0.25, -0.2) is 0 Å². The molecule has 2 aromatic heterocycles. The fourth-order valence-electron chi connectivity index (χ4n) is 2.54. The molecule has 0 bridgehead atoms. The minimum atomic E-state index is -0.432. The highest BCUT2D eigenvalue weighted by atomic mass is 16.3. The van der Waals surface area contributed by atoms with E-state index >= 15 is 0 Å². The molecule has 0 radical (unpaired) electrons. The van der Waals surface area contributed by atoms with Crippen LogP contribution < -0.4 is 10.6 Å². The standard InChI is InChI=1S/C19H18N4O2/c20-10-15(19(24)23-13-16-4-3-9-25-16)11-21-8-7-14-12-22-18-6-2-1-5-17(14)18/h1-6,9,11-12,21-22H,7-8,13H2,(H,23,24)/b15-11-. The molecule has 25 heavy (non-hydrogen) atoms. The number of carbonyl (C=O) groups is 1. The largest absolute Gasteiger partial charge is 0.467 e. The van der Waals surface area contributed by atoms with Crippen molar-refractivity contribution in [3.05, 3.63) is 72.0 Å². The van der Waals surface area contributed by atoms with Crippen LogP contribution in [0.25, 0.3) is 10.9 Å². The van der Waals surface area contributed by atoms with E-state index in [1.165, 1.54) is 23.4 Å². The number of para-hydroxylation sites is 1. The second-order valence-electron chi connectivity index (χ2n) is 5.50. The first kappa shape index (κ1) is 16.4. The highest BCUT2D eigenvalue weighted by molar-refractivity contribution is 5.97. The van der Waals surface area contributed by atoms with Crippen molar-refractivity contribution in [2.24, 2.45) is 0 Å². The number of aromatic amines is 1.